The minimum absolute atomic E-state index is 0.646. The first-order chi connectivity index (χ1) is 13.8. The molecule has 3 heterocycles. The SMILES string of the molecule is S=C1N(CC2CCC3CCCCC3N2)CCN1CC1CCC2CCCCC2N1. The highest BCUT2D eigenvalue weighted by molar-refractivity contribution is 7.80. The number of nitrogens with one attached hydrogen (secondary N) is 2. The fraction of sp³-hybridized carbons (Fsp3) is 0.957. The van der Waals surface area contributed by atoms with E-state index in [1.807, 2.05) is 0 Å². The van der Waals surface area contributed by atoms with Crippen LogP contribution in [-0.2, 0) is 0 Å². The molecule has 0 aromatic rings. The maximum Gasteiger partial charge on any atom is 0.171 e. The molecule has 0 aromatic carbocycles. The summed E-state index contributed by atoms with van der Waals surface area (Å²) >= 11 is 5.93. The number of nitrogens with zero attached hydrogens (tertiary/aromatic N) is 2. The summed E-state index contributed by atoms with van der Waals surface area (Å²) in [7, 11) is 0. The molecule has 2 aliphatic carbocycles. The van der Waals surface area contributed by atoms with Gasteiger partial charge in [-0.3, -0.25) is 0 Å². The summed E-state index contributed by atoms with van der Waals surface area (Å²) in [4.78, 5) is 5.00. The van der Waals surface area contributed by atoms with E-state index in [1.165, 1.54) is 77.0 Å². The fourth-order valence-corrected chi connectivity index (χ4v) is 7.27. The highest BCUT2D eigenvalue weighted by Crippen LogP contribution is 2.34. The van der Waals surface area contributed by atoms with Crippen molar-refractivity contribution < 1.29 is 0 Å². The topological polar surface area (TPSA) is 30.5 Å². The van der Waals surface area contributed by atoms with Gasteiger partial charge in [0.1, 0.15) is 0 Å². The Hall–Kier alpha value is -0.390. The number of rotatable bonds is 4. The molecule has 2 saturated carbocycles. The smallest absolute Gasteiger partial charge is 0.171 e. The van der Waals surface area contributed by atoms with Crippen LogP contribution < -0.4 is 10.6 Å². The Morgan fingerprint density at radius 2 is 1.11 bits per heavy atom. The van der Waals surface area contributed by atoms with Crippen molar-refractivity contribution in [3.63, 3.8) is 0 Å². The van der Waals surface area contributed by atoms with Gasteiger partial charge in [0.25, 0.3) is 0 Å². The molecule has 0 spiro atoms. The summed E-state index contributed by atoms with van der Waals surface area (Å²) in [6, 6.07) is 2.87. The van der Waals surface area contributed by atoms with Crippen molar-refractivity contribution in [3.8, 4) is 0 Å². The van der Waals surface area contributed by atoms with Crippen LogP contribution in [0.3, 0.4) is 0 Å². The van der Waals surface area contributed by atoms with Gasteiger partial charge in [0, 0.05) is 50.3 Å². The van der Waals surface area contributed by atoms with Gasteiger partial charge in [0.15, 0.2) is 5.11 Å². The molecule has 28 heavy (non-hydrogen) atoms. The Kier molecular flexibility index (Phi) is 6.13. The van der Waals surface area contributed by atoms with Crippen molar-refractivity contribution in [2.24, 2.45) is 11.8 Å². The zero-order chi connectivity index (χ0) is 18.9. The molecule has 6 atom stereocenters. The summed E-state index contributed by atoms with van der Waals surface area (Å²) in [5.41, 5.74) is 0. The third kappa shape index (κ3) is 4.22. The first-order valence-corrected chi connectivity index (χ1v) is 12.7. The van der Waals surface area contributed by atoms with Crippen molar-refractivity contribution in [2.75, 3.05) is 26.2 Å². The van der Waals surface area contributed by atoms with Crippen molar-refractivity contribution in [1.29, 1.82) is 0 Å². The fourth-order valence-electron chi connectivity index (χ4n) is 6.94. The number of fused-ring (bicyclic) bond motifs is 2. The predicted octanol–water partition coefficient (Wildman–Crippen LogP) is 3.51. The molecule has 5 heteroatoms. The molecule has 4 nitrogen and oxygen atoms in total. The van der Waals surface area contributed by atoms with Crippen LogP contribution in [0.1, 0.15) is 77.0 Å². The summed E-state index contributed by atoms with van der Waals surface area (Å²) in [6.45, 7) is 4.51. The third-order valence-corrected chi connectivity index (χ3v) is 9.07. The van der Waals surface area contributed by atoms with Crippen LogP contribution in [0.4, 0.5) is 0 Å². The number of piperidine rings is 2. The van der Waals surface area contributed by atoms with E-state index in [0.29, 0.717) is 12.1 Å². The molecule has 5 rings (SSSR count). The molecule has 5 aliphatic rings. The van der Waals surface area contributed by atoms with Crippen LogP contribution in [0.5, 0.6) is 0 Å². The van der Waals surface area contributed by atoms with Gasteiger partial charge < -0.3 is 20.4 Å². The largest absolute Gasteiger partial charge is 0.346 e. The number of hydrogen-bond acceptors (Lipinski definition) is 3. The lowest BCUT2D eigenvalue weighted by atomic mass is 9.77. The van der Waals surface area contributed by atoms with Crippen LogP contribution in [0, 0.1) is 11.8 Å². The lowest BCUT2D eigenvalue weighted by Gasteiger charge is -2.42. The van der Waals surface area contributed by atoms with E-state index in [2.05, 4.69) is 20.4 Å². The van der Waals surface area contributed by atoms with Gasteiger partial charge in [-0.15, -0.1) is 0 Å². The van der Waals surface area contributed by atoms with Gasteiger partial charge in [-0.1, -0.05) is 25.7 Å². The summed E-state index contributed by atoms with van der Waals surface area (Å²) in [5.74, 6) is 1.90. The second-order valence-electron chi connectivity index (χ2n) is 10.4. The average molecular weight is 405 g/mol. The maximum absolute atomic E-state index is 5.93. The average Bonchev–Trinajstić information content (AvgIpc) is 3.07. The van der Waals surface area contributed by atoms with Crippen LogP contribution in [0.25, 0.3) is 0 Å². The molecule has 0 aromatic heterocycles. The normalized spacial score (nSPS) is 41.6. The van der Waals surface area contributed by atoms with Gasteiger partial charge in [-0.2, -0.15) is 0 Å². The molecule has 5 fully saturated rings. The molecule has 0 amide bonds. The lowest BCUT2D eigenvalue weighted by Crippen LogP contribution is -2.54. The molecule has 3 saturated heterocycles. The first-order valence-electron chi connectivity index (χ1n) is 12.3. The number of thiocarbonyl (C=S) groups is 1. The first kappa shape index (κ1) is 19.6. The lowest BCUT2D eigenvalue weighted by molar-refractivity contribution is 0.163. The van der Waals surface area contributed by atoms with Gasteiger partial charge in [0.05, 0.1) is 0 Å². The molecule has 3 aliphatic heterocycles. The Balaban J connectivity index is 1.10. The Morgan fingerprint density at radius 1 is 0.643 bits per heavy atom. The van der Waals surface area contributed by atoms with Crippen LogP contribution in [0.2, 0.25) is 0 Å². The van der Waals surface area contributed by atoms with E-state index in [0.717, 1.165) is 55.2 Å². The Bertz CT molecular complexity index is 509. The van der Waals surface area contributed by atoms with Crippen LogP contribution in [-0.4, -0.2) is 65.3 Å². The molecule has 2 N–H and O–H groups in total. The second-order valence-corrected chi connectivity index (χ2v) is 10.7. The predicted molar refractivity (Wildman–Crippen MR) is 120 cm³/mol. The zero-order valence-corrected chi connectivity index (χ0v) is 18.4. The minimum atomic E-state index is 0.646. The quantitative estimate of drug-likeness (QED) is 0.700. The molecular weight excluding hydrogens is 364 g/mol. The number of hydrogen-bond donors (Lipinski definition) is 2. The van der Waals surface area contributed by atoms with Crippen molar-refractivity contribution >= 4 is 17.3 Å². The van der Waals surface area contributed by atoms with E-state index in [4.69, 9.17) is 12.2 Å². The summed E-state index contributed by atoms with van der Waals surface area (Å²) in [5, 5.41) is 9.12. The summed E-state index contributed by atoms with van der Waals surface area (Å²) in [6.07, 6.45) is 17.0. The Morgan fingerprint density at radius 3 is 1.61 bits per heavy atom. The van der Waals surface area contributed by atoms with Gasteiger partial charge in [0.2, 0.25) is 0 Å². The zero-order valence-electron chi connectivity index (χ0n) is 17.6. The van der Waals surface area contributed by atoms with Gasteiger partial charge >= 0.3 is 0 Å². The van der Waals surface area contributed by atoms with E-state index in [1.54, 1.807) is 0 Å². The Labute approximate surface area is 177 Å². The molecule has 158 valence electrons. The van der Waals surface area contributed by atoms with Gasteiger partial charge in [-0.05, 0) is 75.4 Å². The van der Waals surface area contributed by atoms with E-state index >= 15 is 0 Å². The third-order valence-electron chi connectivity index (χ3n) is 8.55. The highest BCUT2D eigenvalue weighted by atomic mass is 32.1. The van der Waals surface area contributed by atoms with Crippen LogP contribution >= 0.6 is 12.2 Å². The van der Waals surface area contributed by atoms with E-state index < -0.39 is 0 Å². The standard InChI is InChI=1S/C23H40N4S/c28-23-26(15-19-11-9-17-5-1-3-7-21(17)24-19)13-14-27(23)16-20-12-10-18-6-2-4-8-22(18)25-20/h17-22,24-25H,1-16H2. The van der Waals surface area contributed by atoms with Crippen molar-refractivity contribution in [2.45, 2.75) is 101 Å². The summed E-state index contributed by atoms with van der Waals surface area (Å²) < 4.78 is 0. The molecule has 6 unspecified atom stereocenters. The monoisotopic (exact) mass is 404 g/mol. The minimum Gasteiger partial charge on any atom is -0.346 e. The molecular formula is C23H40N4S. The molecule has 0 radical (unpaired) electrons. The molecule has 0 bridgehead atoms. The van der Waals surface area contributed by atoms with E-state index in [-0.39, 0.29) is 0 Å². The van der Waals surface area contributed by atoms with Crippen molar-refractivity contribution in [3.05, 3.63) is 0 Å². The van der Waals surface area contributed by atoms with Gasteiger partial charge in [-0.25, -0.2) is 0 Å². The maximum atomic E-state index is 5.93. The van der Waals surface area contributed by atoms with Crippen LogP contribution in [0.15, 0.2) is 0 Å². The second kappa shape index (κ2) is 8.77. The van der Waals surface area contributed by atoms with E-state index in [9.17, 15) is 0 Å². The highest BCUT2D eigenvalue weighted by Gasteiger charge is 2.36. The van der Waals surface area contributed by atoms with Crippen molar-refractivity contribution in [1.82, 2.24) is 20.4 Å².